The molecule has 0 bridgehead atoms. The summed E-state index contributed by atoms with van der Waals surface area (Å²) in [5, 5.41) is 0. The van der Waals surface area contributed by atoms with Crippen molar-refractivity contribution in [3.8, 4) is 0 Å². The maximum absolute atomic E-state index is 11.0. The first kappa shape index (κ1) is 14.8. The van der Waals surface area contributed by atoms with Gasteiger partial charge in [-0.05, 0) is 0 Å². The maximum atomic E-state index is 11.0. The molecule has 2 unspecified atom stereocenters. The highest BCUT2D eigenvalue weighted by Crippen LogP contribution is 2.33. The fourth-order valence-corrected chi connectivity index (χ4v) is 2.24. The van der Waals surface area contributed by atoms with E-state index in [1.807, 2.05) is 0 Å². The highest BCUT2D eigenvalue weighted by Gasteiger charge is 2.44. The molecular formula is C10H14O7S. The van der Waals surface area contributed by atoms with Crippen LogP contribution in [0.5, 0.6) is 0 Å². The Hall–Kier alpha value is -1.28. The van der Waals surface area contributed by atoms with E-state index in [1.165, 1.54) is 20.8 Å². The maximum Gasteiger partial charge on any atom is 0.303 e. The van der Waals surface area contributed by atoms with Crippen LogP contribution in [0.3, 0.4) is 0 Å². The molecule has 8 heteroatoms. The first-order valence-electron chi connectivity index (χ1n) is 5.20. The molecule has 1 heterocycles. The molecule has 0 radical (unpaired) electrons. The molecule has 1 rings (SSSR count). The quantitative estimate of drug-likeness (QED) is 0.415. The number of hydrogen-bond donors (Lipinski definition) is 0. The third kappa shape index (κ3) is 4.53. The topological polar surface area (TPSA) is 88.1 Å². The molecule has 1 aliphatic heterocycles. The monoisotopic (exact) mass is 278 g/mol. The molecule has 0 amide bonds. The van der Waals surface area contributed by atoms with E-state index in [1.54, 1.807) is 0 Å². The standard InChI is InChI=1S/C10H14O7S/c1-5(11)14-4-8-9(15-6(2)12)10(18-17-8)16-7(3)13/h8-10H,4H2,1-3H3/t8-,9?,10?/m1/s1. The van der Waals surface area contributed by atoms with E-state index < -0.39 is 35.6 Å². The highest BCUT2D eigenvalue weighted by molar-refractivity contribution is 7.95. The van der Waals surface area contributed by atoms with Gasteiger partial charge in [-0.2, -0.15) is 0 Å². The van der Waals surface area contributed by atoms with Gasteiger partial charge in [0.25, 0.3) is 0 Å². The van der Waals surface area contributed by atoms with Gasteiger partial charge in [0.05, 0.1) is 0 Å². The number of esters is 3. The van der Waals surface area contributed by atoms with Crippen LogP contribution in [-0.4, -0.2) is 42.2 Å². The molecule has 1 fully saturated rings. The summed E-state index contributed by atoms with van der Waals surface area (Å²) >= 11 is 0.869. The zero-order valence-electron chi connectivity index (χ0n) is 10.2. The molecule has 0 N–H and O–H groups in total. The average Bonchev–Trinajstić information content (AvgIpc) is 2.57. The van der Waals surface area contributed by atoms with E-state index in [9.17, 15) is 14.4 Å². The summed E-state index contributed by atoms with van der Waals surface area (Å²) in [4.78, 5) is 32.6. The van der Waals surface area contributed by atoms with E-state index in [4.69, 9.17) is 18.4 Å². The summed E-state index contributed by atoms with van der Waals surface area (Å²) in [5.74, 6) is -1.52. The van der Waals surface area contributed by atoms with Crippen molar-refractivity contribution < 1.29 is 32.8 Å². The zero-order valence-corrected chi connectivity index (χ0v) is 11.0. The lowest BCUT2D eigenvalue weighted by Crippen LogP contribution is -2.38. The second kappa shape index (κ2) is 6.60. The first-order valence-corrected chi connectivity index (χ1v) is 6.00. The molecule has 0 aliphatic carbocycles. The second-order valence-corrected chi connectivity index (χ2v) is 4.43. The summed E-state index contributed by atoms with van der Waals surface area (Å²) in [6.07, 6.45) is -1.46. The minimum Gasteiger partial charge on any atom is -0.463 e. The number of ether oxygens (including phenoxy) is 3. The molecule has 0 aromatic carbocycles. The molecule has 102 valence electrons. The molecule has 0 aromatic rings. The summed E-state index contributed by atoms with van der Waals surface area (Å²) in [6.45, 7) is 3.66. The Morgan fingerprint density at radius 2 is 1.67 bits per heavy atom. The van der Waals surface area contributed by atoms with Crippen LogP contribution in [0.15, 0.2) is 0 Å². The molecule has 0 aromatic heterocycles. The van der Waals surface area contributed by atoms with Gasteiger partial charge in [0.15, 0.2) is 6.10 Å². The van der Waals surface area contributed by atoms with Gasteiger partial charge < -0.3 is 18.4 Å². The molecule has 1 aliphatic rings. The second-order valence-electron chi connectivity index (χ2n) is 3.59. The SMILES string of the molecule is CC(=O)OC[C@H]1OSC(OC(C)=O)C1OC(C)=O. The molecule has 7 nitrogen and oxygen atoms in total. The summed E-state index contributed by atoms with van der Waals surface area (Å²) < 4.78 is 20.0. The van der Waals surface area contributed by atoms with Crippen LogP contribution in [0, 0.1) is 0 Å². The predicted octanol–water partition coefficient (Wildman–Crippen LogP) is 0.417. The van der Waals surface area contributed by atoms with Gasteiger partial charge in [-0.1, -0.05) is 0 Å². The van der Waals surface area contributed by atoms with Crippen molar-refractivity contribution in [3.63, 3.8) is 0 Å². The van der Waals surface area contributed by atoms with Gasteiger partial charge in [0, 0.05) is 32.8 Å². The van der Waals surface area contributed by atoms with Crippen molar-refractivity contribution in [2.45, 2.75) is 38.4 Å². The van der Waals surface area contributed by atoms with Gasteiger partial charge in [-0.25, -0.2) is 0 Å². The normalized spacial score (nSPS) is 26.5. The Labute approximate surface area is 108 Å². The third-order valence-corrected chi connectivity index (χ3v) is 2.86. The average molecular weight is 278 g/mol. The largest absolute Gasteiger partial charge is 0.463 e. The van der Waals surface area contributed by atoms with Gasteiger partial charge in [-0.15, -0.1) is 0 Å². The van der Waals surface area contributed by atoms with Crippen LogP contribution < -0.4 is 0 Å². The minimum absolute atomic E-state index is 0.0714. The smallest absolute Gasteiger partial charge is 0.303 e. The molecular weight excluding hydrogens is 264 g/mol. The molecule has 0 saturated carbocycles. The summed E-state index contributed by atoms with van der Waals surface area (Å²) in [5.41, 5.74) is -0.757. The van der Waals surface area contributed by atoms with E-state index in [2.05, 4.69) is 0 Å². The van der Waals surface area contributed by atoms with Crippen LogP contribution in [0.4, 0.5) is 0 Å². The van der Waals surface area contributed by atoms with Crippen molar-refractivity contribution in [3.05, 3.63) is 0 Å². The first-order chi connectivity index (χ1) is 8.40. The van der Waals surface area contributed by atoms with Gasteiger partial charge in [-0.3, -0.25) is 14.4 Å². The van der Waals surface area contributed by atoms with E-state index in [0.29, 0.717) is 0 Å². The molecule has 1 saturated heterocycles. The van der Waals surface area contributed by atoms with E-state index in [-0.39, 0.29) is 6.61 Å². The molecule has 0 spiro atoms. The van der Waals surface area contributed by atoms with Crippen LogP contribution in [-0.2, 0) is 32.8 Å². The molecule has 3 atom stereocenters. The Bertz CT molecular complexity index is 343. The lowest BCUT2D eigenvalue weighted by molar-refractivity contribution is -0.164. The van der Waals surface area contributed by atoms with Gasteiger partial charge in [0.1, 0.15) is 12.7 Å². The number of carbonyl (C=O) groups excluding carboxylic acids is 3. The van der Waals surface area contributed by atoms with Crippen LogP contribution in [0.2, 0.25) is 0 Å². The summed E-state index contributed by atoms with van der Waals surface area (Å²) in [6, 6.07) is 0. The predicted molar refractivity (Wildman–Crippen MR) is 60.2 cm³/mol. The minimum atomic E-state index is -0.796. The lowest BCUT2D eigenvalue weighted by atomic mass is 10.2. The Kier molecular flexibility index (Phi) is 5.42. The highest BCUT2D eigenvalue weighted by atomic mass is 32.2. The zero-order chi connectivity index (χ0) is 13.7. The van der Waals surface area contributed by atoms with Gasteiger partial charge >= 0.3 is 17.9 Å². The fraction of sp³-hybridized carbons (Fsp3) is 0.700. The van der Waals surface area contributed by atoms with Crippen LogP contribution in [0.1, 0.15) is 20.8 Å². The number of carbonyl (C=O) groups is 3. The van der Waals surface area contributed by atoms with E-state index in [0.717, 1.165) is 12.0 Å². The van der Waals surface area contributed by atoms with Crippen molar-refractivity contribution in [2.24, 2.45) is 0 Å². The van der Waals surface area contributed by atoms with E-state index >= 15 is 0 Å². The Balaban J connectivity index is 2.63. The lowest BCUT2D eigenvalue weighted by Gasteiger charge is -2.20. The third-order valence-electron chi connectivity index (χ3n) is 1.94. The van der Waals surface area contributed by atoms with Gasteiger partial charge in [0.2, 0.25) is 5.44 Å². The Morgan fingerprint density at radius 3 is 2.17 bits per heavy atom. The van der Waals surface area contributed by atoms with Crippen molar-refractivity contribution in [1.82, 2.24) is 0 Å². The summed E-state index contributed by atoms with van der Waals surface area (Å²) in [7, 11) is 0. The van der Waals surface area contributed by atoms with Crippen molar-refractivity contribution in [1.29, 1.82) is 0 Å². The molecule has 18 heavy (non-hydrogen) atoms. The van der Waals surface area contributed by atoms with Crippen molar-refractivity contribution >= 4 is 30.0 Å². The van der Waals surface area contributed by atoms with Crippen LogP contribution >= 0.6 is 12.0 Å². The number of hydrogen-bond acceptors (Lipinski definition) is 8. The number of rotatable bonds is 4. The Morgan fingerprint density at radius 1 is 1.06 bits per heavy atom. The van der Waals surface area contributed by atoms with Crippen LogP contribution in [0.25, 0.3) is 0 Å². The van der Waals surface area contributed by atoms with Crippen molar-refractivity contribution in [2.75, 3.05) is 6.61 Å². The fourth-order valence-electron chi connectivity index (χ4n) is 1.31.